The zero-order chi connectivity index (χ0) is 23.3. The largest absolute Gasteiger partial charge is 0.467 e. The van der Waals surface area contributed by atoms with Crippen LogP contribution >= 0.6 is 22.7 Å². The summed E-state index contributed by atoms with van der Waals surface area (Å²) in [7, 11) is 0. The minimum atomic E-state index is 0.141. The summed E-state index contributed by atoms with van der Waals surface area (Å²) in [5.74, 6) is 0.921. The molecular formula is C25H36N4O3S2. The van der Waals surface area contributed by atoms with Gasteiger partial charge in [-0.2, -0.15) is 0 Å². The van der Waals surface area contributed by atoms with Gasteiger partial charge in [0.25, 0.3) is 5.19 Å². The van der Waals surface area contributed by atoms with E-state index in [1.165, 1.54) is 36.4 Å². The van der Waals surface area contributed by atoms with E-state index in [1.54, 1.807) is 22.7 Å². The number of fused-ring (bicyclic) bond motifs is 1. The minimum Gasteiger partial charge on any atom is -0.467 e. The Morgan fingerprint density at radius 2 is 2.03 bits per heavy atom. The molecule has 1 N–H and O–H groups in total. The Hall–Kier alpha value is -1.55. The normalized spacial score (nSPS) is 25.3. The lowest BCUT2D eigenvalue weighted by atomic mass is 9.84. The number of aromatic nitrogens is 2. The van der Waals surface area contributed by atoms with Gasteiger partial charge in [0.05, 0.1) is 23.2 Å². The van der Waals surface area contributed by atoms with Gasteiger partial charge in [-0.1, -0.05) is 11.3 Å². The van der Waals surface area contributed by atoms with E-state index in [1.807, 2.05) is 13.1 Å². The van der Waals surface area contributed by atoms with Crippen LogP contribution in [0.3, 0.4) is 0 Å². The van der Waals surface area contributed by atoms with Gasteiger partial charge in [-0.3, -0.25) is 4.79 Å². The molecule has 0 aromatic carbocycles. The Balaban J connectivity index is 0.980. The first kappa shape index (κ1) is 24.2. The SMILES string of the molecule is Cc1ncc(CC(=O)NC2CCC(CCN3CCc4nc(OCC5CCO5)sc4CC3)CC2)s1. The molecule has 2 fully saturated rings. The van der Waals surface area contributed by atoms with Crippen molar-refractivity contribution < 1.29 is 14.3 Å². The maximum absolute atomic E-state index is 12.4. The Morgan fingerprint density at radius 1 is 1.21 bits per heavy atom. The van der Waals surface area contributed by atoms with Crippen LogP contribution in [-0.4, -0.2) is 65.8 Å². The van der Waals surface area contributed by atoms with Crippen LogP contribution in [0.15, 0.2) is 6.20 Å². The first-order valence-electron chi connectivity index (χ1n) is 12.8. The Morgan fingerprint density at radius 3 is 2.76 bits per heavy atom. The fraction of sp³-hybridized carbons (Fsp3) is 0.720. The molecule has 1 unspecified atom stereocenters. The van der Waals surface area contributed by atoms with Crippen molar-refractivity contribution in [2.24, 2.45) is 5.92 Å². The van der Waals surface area contributed by atoms with Crippen LogP contribution in [0.5, 0.6) is 5.19 Å². The highest BCUT2D eigenvalue weighted by Crippen LogP contribution is 2.30. The first-order chi connectivity index (χ1) is 16.6. The molecule has 2 aromatic rings. The zero-order valence-electron chi connectivity index (χ0n) is 20.1. The van der Waals surface area contributed by atoms with Gasteiger partial charge in [0.1, 0.15) is 6.61 Å². The zero-order valence-corrected chi connectivity index (χ0v) is 21.7. The molecule has 5 rings (SSSR count). The second kappa shape index (κ2) is 11.5. The van der Waals surface area contributed by atoms with Crippen molar-refractivity contribution in [3.8, 4) is 5.19 Å². The highest BCUT2D eigenvalue weighted by Gasteiger charge is 2.25. The summed E-state index contributed by atoms with van der Waals surface area (Å²) in [6.07, 6.45) is 11.7. The molecule has 186 valence electrons. The van der Waals surface area contributed by atoms with Crippen molar-refractivity contribution >= 4 is 28.6 Å². The Bertz CT molecular complexity index is 924. The van der Waals surface area contributed by atoms with E-state index in [2.05, 4.69) is 15.2 Å². The summed E-state index contributed by atoms with van der Waals surface area (Å²) in [6.45, 7) is 6.85. The summed E-state index contributed by atoms with van der Waals surface area (Å²) in [5.41, 5.74) is 1.24. The molecule has 7 nitrogen and oxygen atoms in total. The number of amides is 1. The van der Waals surface area contributed by atoms with E-state index < -0.39 is 0 Å². The van der Waals surface area contributed by atoms with Crippen LogP contribution in [-0.2, 0) is 28.8 Å². The van der Waals surface area contributed by atoms with E-state index >= 15 is 0 Å². The second-order valence-corrected chi connectivity index (χ2v) is 12.2. The molecule has 1 atom stereocenters. The summed E-state index contributed by atoms with van der Waals surface area (Å²) in [5, 5.41) is 5.09. The van der Waals surface area contributed by atoms with Crippen LogP contribution in [0.2, 0.25) is 0 Å². The van der Waals surface area contributed by atoms with Gasteiger partial charge < -0.3 is 19.7 Å². The molecule has 3 aliphatic rings. The van der Waals surface area contributed by atoms with Crippen molar-refractivity contribution in [2.75, 3.05) is 32.8 Å². The number of nitrogens with zero attached hydrogens (tertiary/aromatic N) is 3. The van der Waals surface area contributed by atoms with E-state index in [0.29, 0.717) is 19.1 Å². The number of carbonyl (C=O) groups is 1. The maximum Gasteiger partial charge on any atom is 0.273 e. The van der Waals surface area contributed by atoms with Gasteiger partial charge in [0.15, 0.2) is 0 Å². The predicted molar refractivity (Wildman–Crippen MR) is 135 cm³/mol. The number of thiazole rings is 2. The molecule has 1 aliphatic carbocycles. The maximum atomic E-state index is 12.4. The van der Waals surface area contributed by atoms with Crippen molar-refractivity contribution in [2.45, 2.75) is 76.9 Å². The average molecular weight is 505 g/mol. The highest BCUT2D eigenvalue weighted by molar-refractivity contribution is 7.13. The number of nitrogens with one attached hydrogen (secondary N) is 1. The third-order valence-electron chi connectivity index (χ3n) is 7.33. The Kier molecular flexibility index (Phi) is 8.14. The third kappa shape index (κ3) is 6.56. The van der Waals surface area contributed by atoms with Crippen molar-refractivity contribution in [1.29, 1.82) is 0 Å². The number of hydrogen-bond donors (Lipinski definition) is 1. The number of hydrogen-bond acceptors (Lipinski definition) is 8. The molecule has 2 aliphatic heterocycles. The molecule has 9 heteroatoms. The third-order valence-corrected chi connectivity index (χ3v) is 9.32. The predicted octanol–water partition coefficient (Wildman–Crippen LogP) is 3.78. The van der Waals surface area contributed by atoms with E-state index in [9.17, 15) is 4.79 Å². The molecule has 1 amide bonds. The summed E-state index contributed by atoms with van der Waals surface area (Å²) in [6, 6.07) is 0.338. The molecule has 1 saturated carbocycles. The van der Waals surface area contributed by atoms with Gasteiger partial charge >= 0.3 is 0 Å². The van der Waals surface area contributed by atoms with Crippen molar-refractivity contribution in [1.82, 2.24) is 20.2 Å². The number of aryl methyl sites for hydroxylation is 1. The van der Waals surface area contributed by atoms with Crippen molar-refractivity contribution in [3.63, 3.8) is 0 Å². The lowest BCUT2D eigenvalue weighted by Crippen LogP contribution is -2.38. The fourth-order valence-corrected chi connectivity index (χ4v) is 6.88. The van der Waals surface area contributed by atoms with Gasteiger partial charge in [-0.15, -0.1) is 11.3 Å². The average Bonchev–Trinajstić information content (AvgIpc) is 3.33. The molecule has 2 aromatic heterocycles. The molecule has 0 spiro atoms. The smallest absolute Gasteiger partial charge is 0.273 e. The van der Waals surface area contributed by atoms with Crippen LogP contribution < -0.4 is 10.1 Å². The van der Waals surface area contributed by atoms with Gasteiger partial charge in [-0.05, 0) is 57.9 Å². The second-order valence-electron chi connectivity index (χ2n) is 9.88. The monoisotopic (exact) mass is 504 g/mol. The molecule has 4 heterocycles. The summed E-state index contributed by atoms with van der Waals surface area (Å²) >= 11 is 3.34. The Labute approximate surface area is 210 Å². The topological polar surface area (TPSA) is 76.6 Å². The van der Waals surface area contributed by atoms with E-state index in [0.717, 1.165) is 72.8 Å². The first-order valence-corrected chi connectivity index (χ1v) is 14.4. The number of ether oxygens (including phenoxy) is 2. The fourth-order valence-electron chi connectivity index (χ4n) is 5.14. The lowest BCUT2D eigenvalue weighted by Gasteiger charge is -2.30. The molecular weight excluding hydrogens is 468 g/mol. The van der Waals surface area contributed by atoms with Gasteiger partial charge in [-0.25, -0.2) is 9.97 Å². The van der Waals surface area contributed by atoms with Crippen LogP contribution in [0.1, 0.15) is 59.0 Å². The van der Waals surface area contributed by atoms with Crippen molar-refractivity contribution in [3.05, 3.63) is 26.7 Å². The quantitative estimate of drug-likeness (QED) is 0.560. The number of rotatable bonds is 9. The van der Waals surface area contributed by atoms with Crippen LogP contribution in [0.25, 0.3) is 0 Å². The summed E-state index contributed by atoms with van der Waals surface area (Å²) in [4.78, 5) is 26.4. The van der Waals surface area contributed by atoms with Gasteiger partial charge in [0, 0.05) is 54.5 Å². The number of carbonyl (C=O) groups excluding carboxylic acids is 1. The van der Waals surface area contributed by atoms with Crippen LogP contribution in [0, 0.1) is 12.8 Å². The molecule has 0 radical (unpaired) electrons. The molecule has 1 saturated heterocycles. The molecule has 0 bridgehead atoms. The summed E-state index contributed by atoms with van der Waals surface area (Å²) < 4.78 is 11.3. The highest BCUT2D eigenvalue weighted by atomic mass is 32.1. The van der Waals surface area contributed by atoms with Gasteiger partial charge in [0.2, 0.25) is 5.91 Å². The minimum absolute atomic E-state index is 0.141. The standard InChI is InChI=1S/C25H36N4O3S2/c1-17-26-15-21(33-17)14-24(30)27-19-4-2-18(3-5-19)6-10-29-11-7-22-23(8-12-29)34-25(28-22)32-16-20-9-13-31-20/h15,18-20H,2-14,16H2,1H3,(H,27,30). The van der Waals surface area contributed by atoms with Crippen LogP contribution in [0.4, 0.5) is 0 Å². The molecule has 34 heavy (non-hydrogen) atoms. The lowest BCUT2D eigenvalue weighted by molar-refractivity contribution is -0.121. The van der Waals surface area contributed by atoms with E-state index in [-0.39, 0.29) is 12.0 Å². The van der Waals surface area contributed by atoms with E-state index in [4.69, 9.17) is 14.5 Å².